The predicted molar refractivity (Wildman–Crippen MR) is 153 cm³/mol. The molecule has 2 aromatic carbocycles. The van der Waals surface area contributed by atoms with E-state index in [4.69, 9.17) is 0 Å². The lowest BCUT2D eigenvalue weighted by atomic mass is 9.77. The van der Waals surface area contributed by atoms with Gasteiger partial charge in [0.05, 0.1) is 0 Å². The average Bonchev–Trinajstić information content (AvgIpc) is 2.90. The normalized spacial score (nSPS) is 17.2. The zero-order valence-corrected chi connectivity index (χ0v) is 22.4. The fourth-order valence-electron chi connectivity index (χ4n) is 5.25. The molecule has 0 N–H and O–H groups in total. The fraction of sp³-hybridized carbons (Fsp3) is 0.543. The van der Waals surface area contributed by atoms with Gasteiger partial charge in [-0.2, -0.15) is 0 Å². The molecule has 0 aliphatic heterocycles. The van der Waals surface area contributed by atoms with Gasteiger partial charge in [0.25, 0.3) is 0 Å². The van der Waals surface area contributed by atoms with Crippen molar-refractivity contribution in [1.82, 2.24) is 0 Å². The highest BCUT2D eigenvalue weighted by atomic mass is 14.3. The first-order valence-electron chi connectivity index (χ1n) is 14.5. The molecule has 1 saturated carbocycles. The summed E-state index contributed by atoms with van der Waals surface area (Å²) < 4.78 is 0. The number of benzene rings is 2. The van der Waals surface area contributed by atoms with Crippen LogP contribution in [0.15, 0.2) is 48.5 Å². The highest BCUT2D eigenvalue weighted by molar-refractivity contribution is 5.46. The van der Waals surface area contributed by atoms with Gasteiger partial charge < -0.3 is 0 Å². The van der Waals surface area contributed by atoms with Gasteiger partial charge in [-0.3, -0.25) is 0 Å². The van der Waals surface area contributed by atoms with E-state index in [1.54, 1.807) is 0 Å². The molecule has 2 aromatic rings. The summed E-state index contributed by atoms with van der Waals surface area (Å²) in [6.07, 6.45) is 20.1. The van der Waals surface area contributed by atoms with Crippen LogP contribution in [-0.4, -0.2) is 0 Å². The lowest BCUT2D eigenvalue weighted by Crippen LogP contribution is -2.13. The molecule has 0 bridgehead atoms. The van der Waals surface area contributed by atoms with Gasteiger partial charge in [-0.1, -0.05) is 107 Å². The van der Waals surface area contributed by atoms with Gasteiger partial charge in [-0.25, -0.2) is 0 Å². The second-order valence-corrected chi connectivity index (χ2v) is 10.5. The molecule has 0 saturated heterocycles. The van der Waals surface area contributed by atoms with Crippen LogP contribution in [0.2, 0.25) is 0 Å². The van der Waals surface area contributed by atoms with Gasteiger partial charge in [0, 0.05) is 23.1 Å². The van der Waals surface area contributed by atoms with E-state index in [1.807, 2.05) is 0 Å². The van der Waals surface area contributed by atoms with Gasteiger partial charge in [0.2, 0.25) is 0 Å². The van der Waals surface area contributed by atoms with Crippen LogP contribution in [0.5, 0.6) is 0 Å². The quantitative estimate of drug-likeness (QED) is 0.228. The van der Waals surface area contributed by atoms with E-state index in [9.17, 15) is 0 Å². The van der Waals surface area contributed by atoms with Crippen LogP contribution in [-0.2, 0) is 0 Å². The van der Waals surface area contributed by atoms with Crippen LogP contribution in [0.1, 0.15) is 138 Å². The maximum atomic E-state index is 3.34. The number of hydrogen-bond donors (Lipinski definition) is 0. The Morgan fingerprint density at radius 1 is 0.571 bits per heavy atom. The van der Waals surface area contributed by atoms with Crippen molar-refractivity contribution in [3.63, 3.8) is 0 Å². The molecule has 1 aliphatic rings. The van der Waals surface area contributed by atoms with E-state index >= 15 is 0 Å². The molecule has 3 rings (SSSR count). The van der Waals surface area contributed by atoms with Crippen LogP contribution >= 0.6 is 0 Å². The molecule has 0 aromatic heterocycles. The molecule has 0 heteroatoms. The third kappa shape index (κ3) is 10.4. The van der Waals surface area contributed by atoms with E-state index < -0.39 is 0 Å². The molecule has 0 spiro atoms. The lowest BCUT2D eigenvalue weighted by Gasteiger charge is -2.29. The molecule has 0 unspecified atom stereocenters. The molecule has 1 fully saturated rings. The smallest absolute Gasteiger partial charge is 0.0249 e. The second-order valence-electron chi connectivity index (χ2n) is 10.5. The monoisotopic (exact) mass is 466 g/mol. The summed E-state index contributed by atoms with van der Waals surface area (Å²) in [5.41, 5.74) is 4.75. The standard InChI is InChI=1S/C35H46/c1-3-5-7-8-9-10-11-13-15-30-16-18-32(19-17-30)20-21-33-24-28-35(29-25-33)34-26-22-31(23-27-34)14-12-6-4-2/h16-19,24-25,28-29,31,34H,3-12,14,22-23,26-27H2,1-2H3/t31-,34-. The zero-order valence-electron chi connectivity index (χ0n) is 22.4. The first kappa shape index (κ1) is 27.2. The highest BCUT2D eigenvalue weighted by Crippen LogP contribution is 2.37. The Balaban J connectivity index is 1.41. The van der Waals surface area contributed by atoms with Crippen molar-refractivity contribution in [3.05, 3.63) is 70.8 Å². The summed E-state index contributed by atoms with van der Waals surface area (Å²) in [5.74, 6) is 15.0. The van der Waals surface area contributed by atoms with Gasteiger partial charge in [-0.15, -0.1) is 0 Å². The summed E-state index contributed by atoms with van der Waals surface area (Å²) in [7, 11) is 0. The average molecular weight is 467 g/mol. The summed E-state index contributed by atoms with van der Waals surface area (Å²) in [6, 6.07) is 17.4. The minimum absolute atomic E-state index is 0.745. The predicted octanol–water partition coefficient (Wildman–Crippen LogP) is 10.0. The minimum Gasteiger partial charge on any atom is -0.0979 e. The molecule has 0 heterocycles. The molecular weight excluding hydrogens is 420 g/mol. The number of hydrogen-bond acceptors (Lipinski definition) is 0. The summed E-state index contributed by atoms with van der Waals surface area (Å²) >= 11 is 0. The molecule has 0 radical (unpaired) electrons. The first-order chi connectivity index (χ1) is 17.3. The van der Waals surface area contributed by atoms with Crippen molar-refractivity contribution in [3.8, 4) is 23.7 Å². The van der Waals surface area contributed by atoms with Crippen LogP contribution < -0.4 is 0 Å². The fourth-order valence-corrected chi connectivity index (χ4v) is 5.25. The topological polar surface area (TPSA) is 0 Å². The van der Waals surface area contributed by atoms with Gasteiger partial charge >= 0.3 is 0 Å². The summed E-state index contributed by atoms with van der Waals surface area (Å²) in [6.45, 7) is 4.56. The maximum absolute atomic E-state index is 3.34. The van der Waals surface area contributed by atoms with Crippen molar-refractivity contribution < 1.29 is 0 Å². The zero-order chi connectivity index (χ0) is 24.6. The van der Waals surface area contributed by atoms with E-state index in [0.29, 0.717) is 0 Å². The van der Waals surface area contributed by atoms with E-state index in [-0.39, 0.29) is 0 Å². The SMILES string of the molecule is CCCCCCCCC#Cc1ccc(C#Cc2ccc([C@H]3CC[C@H](CCCCC)CC3)cc2)cc1. The molecule has 0 atom stereocenters. The Labute approximate surface area is 216 Å². The third-order valence-corrected chi connectivity index (χ3v) is 7.57. The highest BCUT2D eigenvalue weighted by Gasteiger charge is 2.21. The summed E-state index contributed by atoms with van der Waals surface area (Å²) in [5, 5.41) is 0. The van der Waals surface area contributed by atoms with E-state index in [2.05, 4.69) is 86.1 Å². The van der Waals surface area contributed by atoms with Crippen LogP contribution in [0.25, 0.3) is 0 Å². The first-order valence-corrected chi connectivity index (χ1v) is 14.5. The largest absolute Gasteiger partial charge is 0.0979 e. The Hall–Kier alpha value is -2.44. The Morgan fingerprint density at radius 3 is 1.71 bits per heavy atom. The second kappa shape index (κ2) is 16.3. The van der Waals surface area contributed by atoms with Crippen LogP contribution in [0, 0.1) is 29.6 Å². The van der Waals surface area contributed by atoms with Crippen molar-refractivity contribution in [2.45, 2.75) is 116 Å². The van der Waals surface area contributed by atoms with Crippen molar-refractivity contribution >= 4 is 0 Å². The van der Waals surface area contributed by atoms with Gasteiger partial charge in [0.15, 0.2) is 0 Å². The van der Waals surface area contributed by atoms with E-state index in [1.165, 1.54) is 95.5 Å². The van der Waals surface area contributed by atoms with Crippen LogP contribution in [0.4, 0.5) is 0 Å². The van der Waals surface area contributed by atoms with Crippen molar-refractivity contribution in [2.75, 3.05) is 0 Å². The van der Waals surface area contributed by atoms with Crippen LogP contribution in [0.3, 0.4) is 0 Å². The molecule has 186 valence electrons. The minimum atomic E-state index is 0.745. The molecule has 1 aliphatic carbocycles. The van der Waals surface area contributed by atoms with Gasteiger partial charge in [0.1, 0.15) is 0 Å². The van der Waals surface area contributed by atoms with Gasteiger partial charge in [-0.05, 0) is 85.9 Å². The van der Waals surface area contributed by atoms with Crippen molar-refractivity contribution in [2.24, 2.45) is 5.92 Å². The number of rotatable bonds is 11. The third-order valence-electron chi connectivity index (χ3n) is 7.57. The molecular formula is C35H46. The lowest BCUT2D eigenvalue weighted by molar-refractivity contribution is 0.303. The molecule has 0 nitrogen and oxygen atoms in total. The summed E-state index contributed by atoms with van der Waals surface area (Å²) in [4.78, 5) is 0. The van der Waals surface area contributed by atoms with Crippen molar-refractivity contribution in [1.29, 1.82) is 0 Å². The van der Waals surface area contributed by atoms with E-state index in [0.717, 1.165) is 34.9 Å². The Kier molecular flexibility index (Phi) is 12.6. The Bertz CT molecular complexity index is 947. The number of unbranched alkanes of at least 4 members (excludes halogenated alkanes) is 8. The molecule has 0 amide bonds. The Morgan fingerprint density at radius 2 is 1.09 bits per heavy atom. The maximum Gasteiger partial charge on any atom is 0.0249 e. The molecule has 35 heavy (non-hydrogen) atoms.